The van der Waals surface area contributed by atoms with Crippen LogP contribution in [0.25, 0.3) is 0 Å². The van der Waals surface area contributed by atoms with Crippen molar-refractivity contribution >= 4 is 0 Å². The molecule has 0 saturated carbocycles. The van der Waals surface area contributed by atoms with Gasteiger partial charge >= 0.3 is 0 Å². The molecule has 0 radical (unpaired) electrons. The molecule has 2 nitrogen and oxygen atoms in total. The molecule has 2 heteroatoms. The number of ether oxygens (including phenoxy) is 1. The molecule has 11 heavy (non-hydrogen) atoms. The lowest BCUT2D eigenvalue weighted by Crippen LogP contribution is -2.30. The maximum atomic E-state index is 9.90. The number of aliphatic hydroxyl groups is 1. The molecule has 1 aliphatic heterocycles. The summed E-state index contributed by atoms with van der Waals surface area (Å²) in [5, 5.41) is 9.90. The molecular weight excluding hydrogens is 140 g/mol. The Morgan fingerprint density at radius 3 is 2.45 bits per heavy atom. The largest absolute Gasteiger partial charge is 0.387 e. The van der Waals surface area contributed by atoms with E-state index in [1.807, 2.05) is 13.8 Å². The summed E-state index contributed by atoms with van der Waals surface area (Å²) in [5.41, 5.74) is -0.665. The fourth-order valence-corrected chi connectivity index (χ4v) is 1.85. The summed E-state index contributed by atoms with van der Waals surface area (Å²) in [7, 11) is 0. The van der Waals surface area contributed by atoms with Crippen molar-refractivity contribution in [1.29, 1.82) is 0 Å². The van der Waals surface area contributed by atoms with Crippen LogP contribution < -0.4 is 0 Å². The van der Waals surface area contributed by atoms with Crippen molar-refractivity contribution in [2.45, 2.75) is 51.2 Å². The molecule has 1 aliphatic rings. The first-order chi connectivity index (χ1) is 4.97. The molecule has 1 N–H and O–H groups in total. The summed E-state index contributed by atoms with van der Waals surface area (Å²) in [6.07, 6.45) is 2.65. The number of rotatable bonds is 2. The number of hydrogen-bond donors (Lipinski definition) is 1. The van der Waals surface area contributed by atoms with Gasteiger partial charge in [0.2, 0.25) is 0 Å². The lowest BCUT2D eigenvalue weighted by Gasteiger charge is -2.21. The zero-order chi connectivity index (χ0) is 8.54. The van der Waals surface area contributed by atoms with Gasteiger partial charge in [-0.1, -0.05) is 13.3 Å². The van der Waals surface area contributed by atoms with Crippen LogP contribution in [-0.2, 0) is 4.74 Å². The second-order valence-corrected chi connectivity index (χ2v) is 4.20. The summed E-state index contributed by atoms with van der Waals surface area (Å²) >= 11 is 0. The Balaban J connectivity index is 2.51. The Kier molecular flexibility index (Phi) is 2.26. The SMILES string of the molecule is CCCC1(O)COC(C)(C)C1. The zero-order valence-electron chi connectivity index (χ0n) is 7.68. The highest BCUT2D eigenvalue weighted by molar-refractivity contribution is 4.92. The van der Waals surface area contributed by atoms with Crippen molar-refractivity contribution in [3.8, 4) is 0 Å². The van der Waals surface area contributed by atoms with Crippen molar-refractivity contribution in [3.63, 3.8) is 0 Å². The molecular formula is C9H18O2. The molecule has 0 bridgehead atoms. The summed E-state index contributed by atoms with van der Waals surface area (Å²) in [6, 6.07) is 0. The maximum absolute atomic E-state index is 9.90. The van der Waals surface area contributed by atoms with Gasteiger partial charge in [-0.05, 0) is 20.3 Å². The molecule has 0 aromatic carbocycles. The molecule has 0 aliphatic carbocycles. The van der Waals surface area contributed by atoms with E-state index in [2.05, 4.69) is 6.92 Å². The van der Waals surface area contributed by atoms with Crippen molar-refractivity contribution in [3.05, 3.63) is 0 Å². The van der Waals surface area contributed by atoms with E-state index >= 15 is 0 Å². The Hall–Kier alpha value is -0.0800. The van der Waals surface area contributed by atoms with Gasteiger partial charge in [0.1, 0.15) is 0 Å². The van der Waals surface area contributed by atoms with Crippen LogP contribution in [0.3, 0.4) is 0 Å². The fraction of sp³-hybridized carbons (Fsp3) is 1.00. The average Bonchev–Trinajstić information content (AvgIpc) is 2.07. The minimum Gasteiger partial charge on any atom is -0.387 e. The Bertz CT molecular complexity index is 142. The third-order valence-electron chi connectivity index (χ3n) is 2.20. The van der Waals surface area contributed by atoms with Gasteiger partial charge in [0, 0.05) is 6.42 Å². The first-order valence-corrected chi connectivity index (χ1v) is 4.34. The average molecular weight is 158 g/mol. The van der Waals surface area contributed by atoms with E-state index < -0.39 is 5.60 Å². The van der Waals surface area contributed by atoms with E-state index in [0.717, 1.165) is 19.3 Å². The standard InChI is InChI=1S/C9H18O2/c1-4-5-9(10)6-8(2,3)11-7-9/h10H,4-7H2,1-3H3. The molecule has 0 spiro atoms. The molecule has 1 rings (SSSR count). The summed E-state index contributed by atoms with van der Waals surface area (Å²) in [5.74, 6) is 0. The van der Waals surface area contributed by atoms with Gasteiger partial charge in [-0.15, -0.1) is 0 Å². The molecule has 0 aromatic rings. The minimum atomic E-state index is -0.543. The molecule has 1 unspecified atom stereocenters. The van der Waals surface area contributed by atoms with E-state index in [4.69, 9.17) is 4.74 Å². The monoisotopic (exact) mass is 158 g/mol. The van der Waals surface area contributed by atoms with Crippen LogP contribution in [0, 0.1) is 0 Å². The summed E-state index contributed by atoms with van der Waals surface area (Å²) in [4.78, 5) is 0. The van der Waals surface area contributed by atoms with E-state index in [0.29, 0.717) is 6.61 Å². The summed E-state index contributed by atoms with van der Waals surface area (Å²) < 4.78 is 5.46. The molecule has 0 aromatic heterocycles. The first kappa shape index (κ1) is 9.01. The van der Waals surface area contributed by atoms with E-state index in [1.54, 1.807) is 0 Å². The normalized spacial score (nSPS) is 36.0. The second-order valence-electron chi connectivity index (χ2n) is 4.20. The van der Waals surface area contributed by atoms with Crippen LogP contribution in [0.1, 0.15) is 40.0 Å². The van der Waals surface area contributed by atoms with Crippen molar-refractivity contribution in [2.24, 2.45) is 0 Å². The van der Waals surface area contributed by atoms with Crippen LogP contribution >= 0.6 is 0 Å². The topological polar surface area (TPSA) is 29.5 Å². The molecule has 1 saturated heterocycles. The molecule has 1 atom stereocenters. The van der Waals surface area contributed by atoms with Crippen molar-refractivity contribution in [2.75, 3.05) is 6.61 Å². The summed E-state index contributed by atoms with van der Waals surface area (Å²) in [6.45, 7) is 6.65. The fourth-order valence-electron chi connectivity index (χ4n) is 1.85. The van der Waals surface area contributed by atoms with Crippen LogP contribution in [0.2, 0.25) is 0 Å². The van der Waals surface area contributed by atoms with Crippen LogP contribution in [-0.4, -0.2) is 22.9 Å². The van der Waals surface area contributed by atoms with Gasteiger partial charge in [-0.2, -0.15) is 0 Å². The molecule has 1 heterocycles. The highest BCUT2D eigenvalue weighted by atomic mass is 16.5. The lowest BCUT2D eigenvalue weighted by molar-refractivity contribution is 0.00151. The predicted octanol–water partition coefficient (Wildman–Crippen LogP) is 1.72. The molecule has 1 fully saturated rings. The second kappa shape index (κ2) is 2.76. The predicted molar refractivity (Wildman–Crippen MR) is 44.5 cm³/mol. The van der Waals surface area contributed by atoms with Gasteiger partial charge in [0.05, 0.1) is 17.8 Å². The smallest absolute Gasteiger partial charge is 0.0907 e. The van der Waals surface area contributed by atoms with E-state index in [1.165, 1.54) is 0 Å². The number of hydrogen-bond acceptors (Lipinski definition) is 2. The third kappa shape index (κ3) is 2.17. The first-order valence-electron chi connectivity index (χ1n) is 4.34. The molecule has 66 valence electrons. The van der Waals surface area contributed by atoms with Crippen molar-refractivity contribution < 1.29 is 9.84 Å². The lowest BCUT2D eigenvalue weighted by atomic mass is 9.90. The zero-order valence-corrected chi connectivity index (χ0v) is 7.68. The van der Waals surface area contributed by atoms with Gasteiger partial charge in [-0.3, -0.25) is 0 Å². The van der Waals surface area contributed by atoms with E-state index in [9.17, 15) is 5.11 Å². The Morgan fingerprint density at radius 2 is 2.09 bits per heavy atom. The maximum Gasteiger partial charge on any atom is 0.0907 e. The highest BCUT2D eigenvalue weighted by Gasteiger charge is 2.41. The van der Waals surface area contributed by atoms with Crippen LogP contribution in [0.15, 0.2) is 0 Å². The van der Waals surface area contributed by atoms with Crippen LogP contribution in [0.5, 0.6) is 0 Å². The quantitative estimate of drug-likeness (QED) is 0.663. The minimum absolute atomic E-state index is 0.121. The van der Waals surface area contributed by atoms with Gasteiger partial charge in [0.25, 0.3) is 0 Å². The highest BCUT2D eigenvalue weighted by Crippen LogP contribution is 2.35. The Labute approximate surface area is 68.6 Å². The van der Waals surface area contributed by atoms with Gasteiger partial charge in [0.15, 0.2) is 0 Å². The van der Waals surface area contributed by atoms with E-state index in [-0.39, 0.29) is 5.60 Å². The third-order valence-corrected chi connectivity index (χ3v) is 2.20. The Morgan fingerprint density at radius 1 is 1.45 bits per heavy atom. The van der Waals surface area contributed by atoms with Crippen LogP contribution in [0.4, 0.5) is 0 Å². The van der Waals surface area contributed by atoms with Gasteiger partial charge in [-0.25, -0.2) is 0 Å². The van der Waals surface area contributed by atoms with Crippen molar-refractivity contribution in [1.82, 2.24) is 0 Å². The van der Waals surface area contributed by atoms with Gasteiger partial charge < -0.3 is 9.84 Å². The molecule has 0 amide bonds.